The first-order valence-electron chi connectivity index (χ1n) is 5.69. The predicted molar refractivity (Wildman–Crippen MR) is 72.2 cm³/mol. The van der Waals surface area contributed by atoms with Crippen LogP contribution in [0.3, 0.4) is 0 Å². The van der Waals surface area contributed by atoms with E-state index in [1.807, 2.05) is 0 Å². The molecule has 0 fully saturated rings. The summed E-state index contributed by atoms with van der Waals surface area (Å²) in [5.74, 6) is 1.26. The van der Waals surface area contributed by atoms with E-state index in [1.54, 1.807) is 6.92 Å². The van der Waals surface area contributed by atoms with Crippen molar-refractivity contribution in [3.63, 3.8) is 0 Å². The van der Waals surface area contributed by atoms with E-state index in [9.17, 15) is 8.42 Å². The largest absolute Gasteiger partial charge is 0.452 e. The van der Waals surface area contributed by atoms with Crippen molar-refractivity contribution in [3.05, 3.63) is 28.2 Å². The fraction of sp³-hybridized carbons (Fsp3) is 0.400. The van der Waals surface area contributed by atoms with E-state index in [4.69, 9.17) is 14.7 Å². The Morgan fingerprint density at radius 1 is 1.50 bits per heavy atom. The highest BCUT2D eigenvalue weighted by atomic mass is 79.9. The topological polar surface area (TPSA) is 124 Å². The van der Waals surface area contributed by atoms with Crippen LogP contribution in [0.25, 0.3) is 0 Å². The van der Waals surface area contributed by atoms with Gasteiger partial charge in [-0.1, -0.05) is 5.16 Å². The van der Waals surface area contributed by atoms with Gasteiger partial charge in [0.1, 0.15) is 10.7 Å². The van der Waals surface area contributed by atoms with Gasteiger partial charge in [-0.25, -0.2) is 13.1 Å². The molecule has 0 bridgehead atoms. The number of nitrogens with two attached hydrogens (primary N) is 1. The molecule has 0 atom stereocenters. The third kappa shape index (κ3) is 3.45. The van der Waals surface area contributed by atoms with Gasteiger partial charge in [0, 0.05) is 26.0 Å². The molecule has 10 heteroatoms. The Hall–Kier alpha value is -1.23. The van der Waals surface area contributed by atoms with E-state index in [-0.39, 0.29) is 22.7 Å². The molecule has 0 aliphatic carbocycles. The molecule has 0 unspecified atom stereocenters. The van der Waals surface area contributed by atoms with Gasteiger partial charge < -0.3 is 14.7 Å². The summed E-state index contributed by atoms with van der Waals surface area (Å²) in [7, 11) is -3.68. The molecule has 2 aromatic rings. The maximum absolute atomic E-state index is 12.1. The minimum Gasteiger partial charge on any atom is -0.452 e. The Morgan fingerprint density at radius 2 is 2.25 bits per heavy atom. The van der Waals surface area contributed by atoms with Gasteiger partial charge in [0.05, 0.1) is 6.54 Å². The number of halogens is 1. The zero-order chi connectivity index (χ0) is 14.8. The van der Waals surface area contributed by atoms with Crippen LogP contribution in [0.2, 0.25) is 0 Å². The van der Waals surface area contributed by atoms with E-state index >= 15 is 0 Å². The minimum absolute atomic E-state index is 0.0160. The lowest BCUT2D eigenvalue weighted by Crippen LogP contribution is -2.26. The summed E-state index contributed by atoms with van der Waals surface area (Å²) in [6, 6.07) is 1.38. The molecule has 0 aliphatic heterocycles. The Labute approximate surface area is 123 Å². The second-order valence-electron chi connectivity index (χ2n) is 3.93. The van der Waals surface area contributed by atoms with Crippen LogP contribution >= 0.6 is 15.9 Å². The first kappa shape index (κ1) is 15.2. The highest BCUT2D eigenvalue weighted by Gasteiger charge is 2.22. The Morgan fingerprint density at radius 3 is 2.80 bits per heavy atom. The SMILES string of the molecule is Cc1nc(CCNS(=O)(=O)c2cc(CN)oc2Br)no1. The maximum Gasteiger partial charge on any atom is 0.244 e. The van der Waals surface area contributed by atoms with E-state index in [1.165, 1.54) is 6.07 Å². The van der Waals surface area contributed by atoms with E-state index in [0.29, 0.717) is 23.9 Å². The number of hydrogen-bond donors (Lipinski definition) is 2. The fourth-order valence-corrected chi connectivity index (χ4v) is 3.53. The van der Waals surface area contributed by atoms with Crippen LogP contribution < -0.4 is 10.5 Å². The van der Waals surface area contributed by atoms with Crippen LogP contribution in [0.4, 0.5) is 0 Å². The fourth-order valence-electron chi connectivity index (χ4n) is 1.50. The van der Waals surface area contributed by atoms with Crippen molar-refractivity contribution in [2.75, 3.05) is 6.54 Å². The van der Waals surface area contributed by atoms with Crippen LogP contribution in [0.1, 0.15) is 17.5 Å². The average Bonchev–Trinajstić information content (AvgIpc) is 2.95. The van der Waals surface area contributed by atoms with Gasteiger partial charge in [0.15, 0.2) is 10.5 Å². The molecule has 0 aromatic carbocycles. The lowest BCUT2D eigenvalue weighted by atomic mass is 10.4. The van der Waals surface area contributed by atoms with Crippen molar-refractivity contribution in [3.8, 4) is 0 Å². The zero-order valence-electron chi connectivity index (χ0n) is 10.6. The summed E-state index contributed by atoms with van der Waals surface area (Å²) >= 11 is 3.05. The molecule has 0 saturated carbocycles. The standard InChI is InChI=1S/C10H13BrN4O4S/c1-6-14-9(15-19-6)2-3-13-20(16,17)8-4-7(5-12)18-10(8)11/h4,13H,2-3,5,12H2,1H3. The lowest BCUT2D eigenvalue weighted by molar-refractivity contribution is 0.387. The molecule has 0 aliphatic rings. The number of nitrogens with zero attached hydrogens (tertiary/aromatic N) is 2. The molecule has 0 radical (unpaired) electrons. The summed E-state index contributed by atoms with van der Waals surface area (Å²) < 4.78 is 36.6. The third-order valence-electron chi connectivity index (χ3n) is 2.41. The second-order valence-corrected chi connectivity index (χ2v) is 6.39. The van der Waals surface area contributed by atoms with Gasteiger partial charge in [0.25, 0.3) is 0 Å². The minimum atomic E-state index is -3.68. The Kier molecular flexibility index (Phi) is 4.58. The van der Waals surface area contributed by atoms with Crippen molar-refractivity contribution in [2.24, 2.45) is 5.73 Å². The number of furan rings is 1. The molecule has 0 spiro atoms. The van der Waals surface area contributed by atoms with Gasteiger partial charge in [0.2, 0.25) is 15.9 Å². The van der Waals surface area contributed by atoms with Crippen LogP contribution in [0.5, 0.6) is 0 Å². The second kappa shape index (κ2) is 6.04. The molecular weight excluding hydrogens is 352 g/mol. The highest BCUT2D eigenvalue weighted by Crippen LogP contribution is 2.25. The van der Waals surface area contributed by atoms with Crippen LogP contribution in [-0.2, 0) is 23.0 Å². The van der Waals surface area contributed by atoms with E-state index < -0.39 is 10.0 Å². The van der Waals surface area contributed by atoms with E-state index in [2.05, 4.69) is 30.8 Å². The first-order chi connectivity index (χ1) is 9.42. The van der Waals surface area contributed by atoms with Crippen LogP contribution in [-0.4, -0.2) is 25.1 Å². The van der Waals surface area contributed by atoms with E-state index in [0.717, 1.165) is 0 Å². The van der Waals surface area contributed by atoms with Gasteiger partial charge >= 0.3 is 0 Å². The normalized spacial score (nSPS) is 11.9. The van der Waals surface area contributed by atoms with Crippen molar-refractivity contribution in [1.29, 1.82) is 0 Å². The highest BCUT2D eigenvalue weighted by molar-refractivity contribution is 9.10. The molecule has 0 saturated heterocycles. The molecule has 0 amide bonds. The quantitative estimate of drug-likeness (QED) is 0.773. The first-order valence-corrected chi connectivity index (χ1v) is 7.97. The summed E-state index contributed by atoms with van der Waals surface area (Å²) in [6.45, 7) is 1.94. The van der Waals surface area contributed by atoms with Gasteiger partial charge in [-0.2, -0.15) is 4.98 Å². The number of hydrogen-bond acceptors (Lipinski definition) is 7. The number of rotatable bonds is 6. The smallest absolute Gasteiger partial charge is 0.244 e. The van der Waals surface area contributed by atoms with Gasteiger partial charge in [-0.3, -0.25) is 0 Å². The van der Waals surface area contributed by atoms with Crippen molar-refractivity contribution in [2.45, 2.75) is 24.8 Å². The number of nitrogens with one attached hydrogen (secondary N) is 1. The predicted octanol–water partition coefficient (Wildman–Crippen LogP) is 0.713. The van der Waals surface area contributed by atoms with Crippen LogP contribution in [0.15, 0.2) is 24.6 Å². The molecule has 3 N–H and O–H groups in total. The number of sulfonamides is 1. The van der Waals surface area contributed by atoms with Crippen LogP contribution in [0, 0.1) is 6.92 Å². The summed E-state index contributed by atoms with van der Waals surface area (Å²) in [5.41, 5.74) is 5.40. The lowest BCUT2D eigenvalue weighted by Gasteiger charge is -2.03. The Bertz CT molecular complexity index is 694. The third-order valence-corrected chi connectivity index (χ3v) is 4.73. The van der Waals surface area contributed by atoms with Gasteiger partial charge in [-0.15, -0.1) is 0 Å². The monoisotopic (exact) mass is 364 g/mol. The molecule has 2 rings (SSSR count). The molecule has 8 nitrogen and oxygen atoms in total. The summed E-state index contributed by atoms with van der Waals surface area (Å²) in [6.07, 6.45) is 0.329. The Balaban J connectivity index is 2.01. The summed E-state index contributed by atoms with van der Waals surface area (Å²) in [5, 5.41) is 3.68. The molecule has 20 heavy (non-hydrogen) atoms. The van der Waals surface area contributed by atoms with Crippen molar-refractivity contribution >= 4 is 26.0 Å². The number of aryl methyl sites for hydroxylation is 1. The summed E-state index contributed by atoms with van der Waals surface area (Å²) in [4.78, 5) is 4.00. The molecule has 2 aromatic heterocycles. The molecular formula is C10H13BrN4O4S. The van der Waals surface area contributed by atoms with Crippen molar-refractivity contribution in [1.82, 2.24) is 14.9 Å². The maximum atomic E-state index is 12.1. The van der Waals surface area contributed by atoms with Crippen molar-refractivity contribution < 1.29 is 17.4 Å². The molecule has 110 valence electrons. The zero-order valence-corrected chi connectivity index (χ0v) is 13.0. The molecule has 2 heterocycles. The average molecular weight is 365 g/mol. The number of aromatic nitrogens is 2. The van der Waals surface area contributed by atoms with Gasteiger partial charge in [-0.05, 0) is 15.9 Å².